The summed E-state index contributed by atoms with van der Waals surface area (Å²) in [4.78, 5) is 20.6. The molecular formula is C27H28ClN7O. The van der Waals surface area contributed by atoms with E-state index in [2.05, 4.69) is 37.7 Å². The molecule has 0 aliphatic heterocycles. The molecule has 5 rings (SSSR count). The third kappa shape index (κ3) is 5.56. The molecule has 2 aromatic heterocycles. The predicted octanol–water partition coefficient (Wildman–Crippen LogP) is 5.31. The Kier molecular flexibility index (Phi) is 7.25. The molecule has 4 aromatic rings. The molecule has 2 heterocycles. The van der Waals surface area contributed by atoms with Crippen molar-refractivity contribution in [2.75, 3.05) is 10.6 Å². The molecule has 1 fully saturated rings. The van der Waals surface area contributed by atoms with Crippen molar-refractivity contribution in [3.05, 3.63) is 78.0 Å². The van der Waals surface area contributed by atoms with Crippen LogP contribution in [0.2, 0.25) is 5.02 Å². The van der Waals surface area contributed by atoms with Gasteiger partial charge in [-0.3, -0.25) is 9.89 Å². The number of hydrogen-bond acceptors (Lipinski definition) is 6. The summed E-state index contributed by atoms with van der Waals surface area (Å²) in [7, 11) is 0. The maximum atomic E-state index is 11.4. The summed E-state index contributed by atoms with van der Waals surface area (Å²) in [5.74, 6) is 0.348. The summed E-state index contributed by atoms with van der Waals surface area (Å²) in [6.07, 6.45) is 7.17. The van der Waals surface area contributed by atoms with Gasteiger partial charge in [-0.1, -0.05) is 48.5 Å². The number of hydrogen-bond donors (Lipinski definition) is 4. The molecule has 1 aliphatic rings. The number of H-pyrrole nitrogens is 1. The van der Waals surface area contributed by atoms with Crippen LogP contribution in [0.25, 0.3) is 22.3 Å². The number of aromatic amines is 1. The van der Waals surface area contributed by atoms with Gasteiger partial charge in [0.2, 0.25) is 11.9 Å². The quantitative estimate of drug-likeness (QED) is 0.244. The minimum absolute atomic E-state index is 0.212. The molecule has 0 unspecified atom stereocenters. The Bertz CT molecular complexity index is 1370. The Morgan fingerprint density at radius 1 is 1.11 bits per heavy atom. The second-order valence-corrected chi connectivity index (χ2v) is 9.39. The van der Waals surface area contributed by atoms with E-state index in [1.807, 2.05) is 48.5 Å². The Hall–Kier alpha value is -3.75. The van der Waals surface area contributed by atoms with Gasteiger partial charge in [0.15, 0.2) is 0 Å². The van der Waals surface area contributed by atoms with Gasteiger partial charge in [-0.15, -0.1) is 0 Å². The van der Waals surface area contributed by atoms with Crippen molar-refractivity contribution in [2.45, 2.75) is 44.3 Å². The highest BCUT2D eigenvalue weighted by atomic mass is 35.5. The highest BCUT2D eigenvalue weighted by Gasteiger charge is 2.23. The SMILES string of the molecule is C=CC(=O)Nc1ccc(CN[C@H]2CCC[C@@H](Nc3ncc(Cl)c(-c4n[nH]c5ccccc45)n3)C2)cc1. The number of halogens is 1. The zero-order chi connectivity index (χ0) is 24.9. The fraction of sp³-hybridized carbons (Fsp3) is 0.259. The van der Waals surface area contributed by atoms with Crippen LogP contribution in [0.4, 0.5) is 11.6 Å². The standard InChI is InChI=1S/C27H28ClN7O/c1-2-24(36)31-18-12-10-17(11-13-18)15-29-19-6-5-7-20(14-19)32-27-30-16-22(28)26(33-27)25-21-8-3-4-9-23(21)34-35-25/h2-4,8-13,16,19-20,29H,1,5-7,14-15H2,(H,31,36)(H,34,35)(H,30,32,33)/t19-,20+/m0/s1. The van der Waals surface area contributed by atoms with Crippen LogP contribution < -0.4 is 16.0 Å². The predicted molar refractivity (Wildman–Crippen MR) is 144 cm³/mol. The number of benzene rings is 2. The lowest BCUT2D eigenvalue weighted by Crippen LogP contribution is -2.38. The average Bonchev–Trinajstić information content (AvgIpc) is 3.33. The normalized spacial score (nSPS) is 17.6. The first kappa shape index (κ1) is 24.0. The lowest BCUT2D eigenvalue weighted by Gasteiger charge is -2.30. The topological polar surface area (TPSA) is 108 Å². The van der Waals surface area contributed by atoms with Gasteiger partial charge in [-0.25, -0.2) is 9.97 Å². The second-order valence-electron chi connectivity index (χ2n) is 8.98. The van der Waals surface area contributed by atoms with E-state index in [9.17, 15) is 4.79 Å². The largest absolute Gasteiger partial charge is 0.351 e. The molecule has 1 saturated carbocycles. The van der Waals surface area contributed by atoms with E-state index in [0.29, 0.717) is 22.7 Å². The number of rotatable bonds is 8. The lowest BCUT2D eigenvalue weighted by atomic mass is 9.91. The molecule has 0 saturated heterocycles. The van der Waals surface area contributed by atoms with Crippen LogP contribution in [0.3, 0.4) is 0 Å². The van der Waals surface area contributed by atoms with Crippen LogP contribution in [-0.4, -0.2) is 38.2 Å². The molecule has 0 radical (unpaired) electrons. The van der Waals surface area contributed by atoms with Crippen molar-refractivity contribution in [1.82, 2.24) is 25.5 Å². The molecule has 0 bridgehead atoms. The zero-order valence-corrected chi connectivity index (χ0v) is 20.6. The molecule has 2 atom stereocenters. The van der Waals surface area contributed by atoms with Crippen molar-refractivity contribution in [2.24, 2.45) is 0 Å². The van der Waals surface area contributed by atoms with E-state index in [-0.39, 0.29) is 11.9 Å². The van der Waals surface area contributed by atoms with Gasteiger partial charge >= 0.3 is 0 Å². The molecule has 2 aromatic carbocycles. The van der Waals surface area contributed by atoms with Gasteiger partial charge in [0.05, 0.1) is 16.7 Å². The Labute approximate surface area is 214 Å². The van der Waals surface area contributed by atoms with Crippen molar-refractivity contribution >= 4 is 40.0 Å². The van der Waals surface area contributed by atoms with Crippen LogP contribution in [0.1, 0.15) is 31.2 Å². The summed E-state index contributed by atoms with van der Waals surface area (Å²) in [6, 6.07) is 16.4. The van der Waals surface area contributed by atoms with Crippen molar-refractivity contribution < 1.29 is 4.79 Å². The average molecular weight is 502 g/mol. The summed E-state index contributed by atoms with van der Waals surface area (Å²) >= 11 is 6.45. The molecule has 1 amide bonds. The van der Waals surface area contributed by atoms with Crippen LogP contribution in [0.5, 0.6) is 0 Å². The number of fused-ring (bicyclic) bond motifs is 1. The first-order valence-electron chi connectivity index (χ1n) is 12.1. The minimum Gasteiger partial charge on any atom is -0.351 e. The number of amides is 1. The fourth-order valence-corrected chi connectivity index (χ4v) is 4.78. The first-order chi connectivity index (χ1) is 17.6. The highest BCUT2D eigenvalue weighted by Crippen LogP contribution is 2.31. The second kappa shape index (κ2) is 10.9. The highest BCUT2D eigenvalue weighted by molar-refractivity contribution is 6.33. The number of nitrogens with zero attached hydrogens (tertiary/aromatic N) is 3. The van der Waals surface area contributed by atoms with Crippen LogP contribution in [0.15, 0.2) is 67.4 Å². The molecule has 184 valence electrons. The molecule has 4 N–H and O–H groups in total. The summed E-state index contributed by atoms with van der Waals surface area (Å²) in [6.45, 7) is 4.24. The monoisotopic (exact) mass is 501 g/mol. The maximum absolute atomic E-state index is 11.4. The van der Waals surface area contributed by atoms with Crippen molar-refractivity contribution in [3.63, 3.8) is 0 Å². The minimum atomic E-state index is -0.212. The van der Waals surface area contributed by atoms with Crippen molar-refractivity contribution in [3.8, 4) is 11.4 Å². The molecule has 36 heavy (non-hydrogen) atoms. The van der Waals surface area contributed by atoms with E-state index in [4.69, 9.17) is 16.6 Å². The van der Waals surface area contributed by atoms with Crippen molar-refractivity contribution in [1.29, 1.82) is 0 Å². The molecular weight excluding hydrogens is 474 g/mol. The van der Waals surface area contributed by atoms with Crippen LogP contribution in [-0.2, 0) is 11.3 Å². The smallest absolute Gasteiger partial charge is 0.247 e. The lowest BCUT2D eigenvalue weighted by molar-refractivity contribution is -0.111. The van der Waals surface area contributed by atoms with Gasteiger partial charge in [-0.2, -0.15) is 5.10 Å². The summed E-state index contributed by atoms with van der Waals surface area (Å²) < 4.78 is 0. The van der Waals surface area contributed by atoms with Gasteiger partial charge in [-0.05, 0) is 55.5 Å². The van der Waals surface area contributed by atoms with E-state index < -0.39 is 0 Å². The summed E-state index contributed by atoms with van der Waals surface area (Å²) in [5, 5.41) is 18.9. The number of carbonyl (C=O) groups is 1. The maximum Gasteiger partial charge on any atom is 0.247 e. The van der Waals surface area contributed by atoms with Gasteiger partial charge < -0.3 is 16.0 Å². The first-order valence-corrected chi connectivity index (χ1v) is 12.4. The number of nitrogens with one attached hydrogen (secondary N) is 4. The molecule has 8 nitrogen and oxygen atoms in total. The fourth-order valence-electron chi connectivity index (χ4n) is 4.60. The van der Waals surface area contributed by atoms with Gasteiger partial charge in [0.25, 0.3) is 0 Å². The van der Waals surface area contributed by atoms with E-state index in [1.54, 1.807) is 6.20 Å². The van der Waals surface area contributed by atoms with Gasteiger partial charge in [0, 0.05) is 29.7 Å². The van der Waals surface area contributed by atoms with E-state index in [1.165, 1.54) is 11.6 Å². The van der Waals surface area contributed by atoms with Crippen LogP contribution in [0, 0.1) is 0 Å². The third-order valence-electron chi connectivity index (χ3n) is 6.45. The third-order valence-corrected chi connectivity index (χ3v) is 6.72. The number of aromatic nitrogens is 4. The van der Waals surface area contributed by atoms with E-state index >= 15 is 0 Å². The number of carbonyl (C=O) groups excluding carboxylic acids is 1. The van der Waals surface area contributed by atoms with Gasteiger partial charge in [0.1, 0.15) is 11.4 Å². The molecule has 1 aliphatic carbocycles. The van der Waals surface area contributed by atoms with E-state index in [0.717, 1.165) is 54.5 Å². The molecule has 9 heteroatoms. The number of anilines is 2. The summed E-state index contributed by atoms with van der Waals surface area (Å²) in [5.41, 5.74) is 4.20. The Balaban J connectivity index is 1.20. The van der Waals surface area contributed by atoms with Crippen LogP contribution >= 0.6 is 11.6 Å². The Morgan fingerprint density at radius 3 is 2.75 bits per heavy atom. The number of para-hydroxylation sites is 1. The Morgan fingerprint density at radius 2 is 1.92 bits per heavy atom. The zero-order valence-electron chi connectivity index (χ0n) is 19.8. The molecule has 0 spiro atoms.